The first-order valence-electron chi connectivity index (χ1n) is 7.39. The first kappa shape index (κ1) is 15.2. The van der Waals surface area contributed by atoms with Crippen LogP contribution in [-0.2, 0) is 10.3 Å². The molecule has 0 saturated carbocycles. The number of nitrogens with one attached hydrogen (secondary N) is 2. The minimum Gasteiger partial charge on any atom is -0.324 e. The van der Waals surface area contributed by atoms with Gasteiger partial charge < -0.3 is 10.6 Å². The van der Waals surface area contributed by atoms with Crippen LogP contribution >= 0.6 is 0 Å². The van der Waals surface area contributed by atoms with Gasteiger partial charge in [0, 0.05) is 30.2 Å². The maximum atomic E-state index is 12.9. The molecule has 1 saturated heterocycles. The van der Waals surface area contributed by atoms with E-state index < -0.39 is 10.5 Å². The van der Waals surface area contributed by atoms with Crippen LogP contribution in [0.2, 0.25) is 0 Å². The Bertz CT molecular complexity index is 708. The summed E-state index contributed by atoms with van der Waals surface area (Å²) in [7, 11) is 0. The number of nitrogens with zero attached hydrogens (tertiary/aromatic N) is 3. The van der Waals surface area contributed by atoms with Crippen LogP contribution in [0.3, 0.4) is 0 Å². The van der Waals surface area contributed by atoms with Crippen LogP contribution < -0.4 is 10.6 Å². The van der Waals surface area contributed by atoms with Crippen molar-refractivity contribution in [2.24, 2.45) is 0 Å². The second-order valence-electron chi connectivity index (χ2n) is 5.49. The second kappa shape index (κ2) is 6.17. The summed E-state index contributed by atoms with van der Waals surface area (Å²) in [4.78, 5) is 23.3. The number of aromatic nitrogens is 2. The van der Waals surface area contributed by atoms with Crippen molar-refractivity contribution in [1.82, 2.24) is 15.1 Å². The van der Waals surface area contributed by atoms with Crippen molar-refractivity contribution in [3.8, 4) is 0 Å². The van der Waals surface area contributed by atoms with Gasteiger partial charge in [-0.1, -0.05) is 6.07 Å². The van der Waals surface area contributed by atoms with Crippen molar-refractivity contribution in [3.63, 3.8) is 0 Å². The number of carbonyl (C=O) groups excluding carboxylic acids is 1. The fourth-order valence-electron chi connectivity index (χ4n) is 2.87. The molecule has 8 nitrogen and oxygen atoms in total. The minimum absolute atomic E-state index is 0.0544. The van der Waals surface area contributed by atoms with E-state index in [-0.39, 0.29) is 11.6 Å². The van der Waals surface area contributed by atoms with Crippen molar-refractivity contribution in [1.29, 1.82) is 0 Å². The molecule has 3 rings (SSSR count). The van der Waals surface area contributed by atoms with Gasteiger partial charge in [0.1, 0.15) is 5.54 Å². The van der Waals surface area contributed by atoms with E-state index in [2.05, 4.69) is 15.7 Å². The highest BCUT2D eigenvalue weighted by Crippen LogP contribution is 2.29. The summed E-state index contributed by atoms with van der Waals surface area (Å²) in [5.74, 6) is -0.205. The zero-order valence-corrected chi connectivity index (χ0v) is 12.4. The number of rotatable bonds is 4. The molecular weight excluding hydrogens is 298 g/mol. The summed E-state index contributed by atoms with van der Waals surface area (Å²) in [6, 6.07) is 7.73. The number of benzene rings is 1. The second-order valence-corrected chi connectivity index (χ2v) is 5.49. The highest BCUT2D eigenvalue weighted by Gasteiger charge is 2.42. The van der Waals surface area contributed by atoms with Gasteiger partial charge in [0.15, 0.2) is 0 Å². The zero-order chi connectivity index (χ0) is 16.3. The molecule has 0 unspecified atom stereocenters. The van der Waals surface area contributed by atoms with E-state index in [1.54, 1.807) is 35.3 Å². The van der Waals surface area contributed by atoms with Crippen LogP contribution in [0.4, 0.5) is 11.4 Å². The lowest BCUT2D eigenvalue weighted by Gasteiger charge is -2.36. The van der Waals surface area contributed by atoms with Gasteiger partial charge in [-0.05, 0) is 38.1 Å². The molecule has 23 heavy (non-hydrogen) atoms. The summed E-state index contributed by atoms with van der Waals surface area (Å²) in [5.41, 5.74) is -0.421. The smallest absolute Gasteiger partial charge is 0.271 e. The predicted molar refractivity (Wildman–Crippen MR) is 84.0 cm³/mol. The minimum atomic E-state index is -0.778. The third-order valence-electron chi connectivity index (χ3n) is 4.11. The Morgan fingerprint density at radius 1 is 1.35 bits per heavy atom. The molecule has 2 N–H and O–H groups in total. The van der Waals surface area contributed by atoms with E-state index in [0.29, 0.717) is 31.6 Å². The lowest BCUT2D eigenvalue weighted by Crippen LogP contribution is -2.52. The monoisotopic (exact) mass is 315 g/mol. The van der Waals surface area contributed by atoms with Crippen molar-refractivity contribution in [2.45, 2.75) is 18.4 Å². The van der Waals surface area contributed by atoms with E-state index in [1.165, 1.54) is 12.1 Å². The number of nitro benzene ring substituents is 1. The maximum Gasteiger partial charge on any atom is 0.271 e. The summed E-state index contributed by atoms with van der Waals surface area (Å²) in [5, 5.41) is 21.1. The molecule has 2 heterocycles. The van der Waals surface area contributed by atoms with E-state index in [9.17, 15) is 14.9 Å². The zero-order valence-electron chi connectivity index (χ0n) is 12.4. The molecule has 1 aliphatic heterocycles. The average Bonchev–Trinajstić information content (AvgIpc) is 3.10. The van der Waals surface area contributed by atoms with Crippen LogP contribution in [0.25, 0.3) is 0 Å². The van der Waals surface area contributed by atoms with Crippen LogP contribution in [0.5, 0.6) is 0 Å². The fraction of sp³-hybridized carbons (Fsp3) is 0.333. The van der Waals surface area contributed by atoms with Gasteiger partial charge in [-0.2, -0.15) is 5.10 Å². The molecule has 120 valence electrons. The molecule has 0 aliphatic carbocycles. The molecule has 1 amide bonds. The summed E-state index contributed by atoms with van der Waals surface area (Å²) < 4.78 is 1.68. The Kier molecular flexibility index (Phi) is 4.07. The molecule has 1 aromatic heterocycles. The van der Waals surface area contributed by atoms with E-state index in [1.807, 2.05) is 0 Å². The molecule has 8 heteroatoms. The van der Waals surface area contributed by atoms with Crippen molar-refractivity contribution >= 4 is 17.3 Å². The average molecular weight is 315 g/mol. The van der Waals surface area contributed by atoms with Crippen LogP contribution in [0.15, 0.2) is 42.7 Å². The van der Waals surface area contributed by atoms with Crippen LogP contribution in [0.1, 0.15) is 12.8 Å². The lowest BCUT2D eigenvalue weighted by molar-refractivity contribution is -0.384. The first-order valence-corrected chi connectivity index (χ1v) is 7.39. The van der Waals surface area contributed by atoms with Gasteiger partial charge in [-0.3, -0.25) is 19.6 Å². The Labute approximate surface area is 132 Å². The van der Waals surface area contributed by atoms with Gasteiger partial charge in [0.25, 0.3) is 11.6 Å². The van der Waals surface area contributed by atoms with E-state index in [0.717, 1.165) is 0 Å². The Balaban J connectivity index is 1.87. The summed E-state index contributed by atoms with van der Waals surface area (Å²) in [6.45, 7) is 1.42. The molecule has 0 atom stereocenters. The quantitative estimate of drug-likeness (QED) is 0.657. The van der Waals surface area contributed by atoms with Crippen LogP contribution in [0, 0.1) is 10.1 Å². The maximum absolute atomic E-state index is 12.9. The number of anilines is 1. The number of hydrogen-bond acceptors (Lipinski definition) is 5. The Morgan fingerprint density at radius 3 is 2.78 bits per heavy atom. The molecule has 1 aromatic carbocycles. The van der Waals surface area contributed by atoms with Gasteiger partial charge in [-0.15, -0.1) is 0 Å². The van der Waals surface area contributed by atoms with Gasteiger partial charge in [-0.25, -0.2) is 0 Å². The SMILES string of the molecule is O=C(Nc1cccc([N+](=O)[O-])c1)C1(n2cccn2)CCNCC1. The van der Waals surface area contributed by atoms with Gasteiger partial charge >= 0.3 is 0 Å². The molecule has 0 spiro atoms. The Morgan fingerprint density at radius 2 is 2.13 bits per heavy atom. The molecule has 0 bridgehead atoms. The predicted octanol–water partition coefficient (Wildman–Crippen LogP) is 1.51. The molecule has 1 fully saturated rings. The molecular formula is C15H17N5O3. The third kappa shape index (κ3) is 2.93. The lowest BCUT2D eigenvalue weighted by atomic mass is 9.87. The number of carbonyl (C=O) groups is 1. The highest BCUT2D eigenvalue weighted by atomic mass is 16.6. The number of piperidine rings is 1. The van der Waals surface area contributed by atoms with Crippen molar-refractivity contribution in [2.75, 3.05) is 18.4 Å². The van der Waals surface area contributed by atoms with Crippen molar-refractivity contribution in [3.05, 3.63) is 52.8 Å². The van der Waals surface area contributed by atoms with Crippen molar-refractivity contribution < 1.29 is 9.72 Å². The van der Waals surface area contributed by atoms with Gasteiger partial charge in [0.2, 0.25) is 0 Å². The van der Waals surface area contributed by atoms with E-state index >= 15 is 0 Å². The topological polar surface area (TPSA) is 102 Å². The highest BCUT2D eigenvalue weighted by molar-refractivity contribution is 5.97. The van der Waals surface area contributed by atoms with Crippen LogP contribution in [-0.4, -0.2) is 33.7 Å². The number of nitro groups is 1. The number of amides is 1. The van der Waals surface area contributed by atoms with E-state index in [4.69, 9.17) is 0 Å². The third-order valence-corrected chi connectivity index (χ3v) is 4.11. The summed E-state index contributed by atoms with van der Waals surface area (Å²) in [6.07, 6.45) is 4.63. The summed E-state index contributed by atoms with van der Waals surface area (Å²) >= 11 is 0. The standard InChI is InChI=1S/C15H17N5O3/c21-14(18-12-3-1-4-13(11-12)20(22)23)15(5-8-16-9-6-15)19-10-2-7-17-19/h1-4,7,10-11,16H,5-6,8-9H2,(H,18,21). The fourth-order valence-corrected chi connectivity index (χ4v) is 2.87. The number of hydrogen-bond donors (Lipinski definition) is 2. The molecule has 0 radical (unpaired) electrons. The number of non-ortho nitro benzene ring substituents is 1. The largest absolute Gasteiger partial charge is 0.324 e. The first-order chi connectivity index (χ1) is 11.1. The molecule has 2 aromatic rings. The molecule has 1 aliphatic rings. The van der Waals surface area contributed by atoms with Gasteiger partial charge in [0.05, 0.1) is 4.92 Å². The Hall–Kier alpha value is -2.74. The normalized spacial score (nSPS) is 16.7.